The molecule has 1 aromatic carbocycles. The zero-order valence-corrected chi connectivity index (χ0v) is 19.4. The predicted octanol–water partition coefficient (Wildman–Crippen LogP) is 8.53. The van der Waals surface area contributed by atoms with Gasteiger partial charge in [0.25, 0.3) is 0 Å². The minimum absolute atomic E-state index is 0.124. The summed E-state index contributed by atoms with van der Waals surface area (Å²) in [6, 6.07) is 10.8. The number of benzene rings is 1. The number of allylic oxidation sites excluding steroid dienone is 1. The van der Waals surface area contributed by atoms with Crippen molar-refractivity contribution in [3.05, 3.63) is 47.5 Å². The Kier molecular flexibility index (Phi) is 12.7. The Balaban J connectivity index is 2.48. The highest BCUT2D eigenvalue weighted by Gasteiger charge is 2.23. The van der Waals surface area contributed by atoms with Crippen molar-refractivity contribution >= 4 is 5.97 Å². The lowest BCUT2D eigenvalue weighted by Crippen LogP contribution is -2.16. The molecule has 1 unspecified atom stereocenters. The summed E-state index contributed by atoms with van der Waals surface area (Å²) in [5.74, 6) is -0.331. The molecule has 1 N–H and O–H groups in total. The molecule has 164 valence electrons. The summed E-state index contributed by atoms with van der Waals surface area (Å²) in [6.45, 7) is 8.29. The Morgan fingerprint density at radius 1 is 0.931 bits per heavy atom. The minimum Gasteiger partial charge on any atom is -0.478 e. The lowest BCUT2D eigenvalue weighted by atomic mass is 9.77. The third kappa shape index (κ3) is 11.9. The maximum absolute atomic E-state index is 11.2. The molecule has 0 aromatic heterocycles. The molecule has 29 heavy (non-hydrogen) atoms. The van der Waals surface area contributed by atoms with E-state index in [-0.39, 0.29) is 5.41 Å². The molecular weight excluding hydrogens is 356 g/mol. The Morgan fingerprint density at radius 2 is 1.45 bits per heavy atom. The molecule has 0 saturated heterocycles. The van der Waals surface area contributed by atoms with Gasteiger partial charge in [0.05, 0.1) is 0 Å². The average molecular weight is 401 g/mol. The molecule has 0 heterocycles. The van der Waals surface area contributed by atoms with E-state index in [4.69, 9.17) is 0 Å². The van der Waals surface area contributed by atoms with E-state index >= 15 is 0 Å². The maximum atomic E-state index is 11.2. The van der Waals surface area contributed by atoms with Crippen molar-refractivity contribution in [1.29, 1.82) is 0 Å². The molecule has 1 atom stereocenters. The van der Waals surface area contributed by atoms with Gasteiger partial charge in [-0.3, -0.25) is 0 Å². The molecule has 0 amide bonds. The van der Waals surface area contributed by atoms with Crippen molar-refractivity contribution in [2.24, 2.45) is 5.41 Å². The number of aliphatic carboxylic acids is 1. The van der Waals surface area contributed by atoms with Crippen molar-refractivity contribution < 1.29 is 9.90 Å². The van der Waals surface area contributed by atoms with E-state index in [0.29, 0.717) is 11.5 Å². The van der Waals surface area contributed by atoms with Crippen LogP contribution in [-0.2, 0) is 4.79 Å². The molecule has 2 heteroatoms. The van der Waals surface area contributed by atoms with Gasteiger partial charge in [-0.25, -0.2) is 4.79 Å². The maximum Gasteiger partial charge on any atom is 0.330 e. The zero-order valence-electron chi connectivity index (χ0n) is 19.4. The van der Waals surface area contributed by atoms with Crippen LogP contribution < -0.4 is 0 Å². The largest absolute Gasteiger partial charge is 0.478 e. The van der Waals surface area contributed by atoms with Crippen LogP contribution in [-0.4, -0.2) is 11.1 Å². The summed E-state index contributed by atoms with van der Waals surface area (Å²) in [4.78, 5) is 11.2. The molecule has 0 bridgehead atoms. The second-order valence-corrected chi connectivity index (χ2v) is 9.40. The highest BCUT2D eigenvalue weighted by atomic mass is 16.4. The number of rotatable bonds is 16. The van der Waals surface area contributed by atoms with Gasteiger partial charge < -0.3 is 5.11 Å². The van der Waals surface area contributed by atoms with Crippen molar-refractivity contribution in [3.8, 4) is 0 Å². The van der Waals surface area contributed by atoms with Crippen LogP contribution in [0, 0.1) is 5.41 Å². The van der Waals surface area contributed by atoms with Crippen molar-refractivity contribution in [2.75, 3.05) is 0 Å². The molecule has 1 aromatic rings. The third-order valence-electron chi connectivity index (χ3n) is 5.89. The quantitative estimate of drug-likeness (QED) is 0.223. The first-order valence-corrected chi connectivity index (χ1v) is 11.8. The fourth-order valence-corrected chi connectivity index (χ4v) is 4.33. The van der Waals surface area contributed by atoms with Gasteiger partial charge in [0, 0.05) is 5.57 Å². The van der Waals surface area contributed by atoms with Crippen LogP contribution in [0.1, 0.15) is 116 Å². The van der Waals surface area contributed by atoms with E-state index in [1.54, 1.807) is 6.92 Å². The second-order valence-electron chi connectivity index (χ2n) is 9.40. The molecule has 0 fully saturated rings. The highest BCUT2D eigenvalue weighted by molar-refractivity contribution is 5.85. The topological polar surface area (TPSA) is 37.3 Å². The number of hydrogen-bond donors (Lipinski definition) is 1. The van der Waals surface area contributed by atoms with Gasteiger partial charge in [0.2, 0.25) is 0 Å². The van der Waals surface area contributed by atoms with E-state index in [1.807, 2.05) is 6.08 Å². The number of hydrogen-bond acceptors (Lipinski definition) is 1. The van der Waals surface area contributed by atoms with E-state index in [1.165, 1.54) is 76.2 Å². The van der Waals surface area contributed by atoms with Gasteiger partial charge in [-0.15, -0.1) is 0 Å². The Hall–Kier alpha value is -1.57. The number of unbranched alkanes of at least 4 members (excludes halogenated alkanes) is 9. The Morgan fingerprint density at radius 3 is 1.97 bits per heavy atom. The predicted molar refractivity (Wildman–Crippen MR) is 125 cm³/mol. The Bertz CT molecular complexity index is 586. The second kappa shape index (κ2) is 14.4. The van der Waals surface area contributed by atoms with E-state index in [9.17, 15) is 9.90 Å². The summed E-state index contributed by atoms with van der Waals surface area (Å²) in [5, 5.41) is 9.23. The van der Waals surface area contributed by atoms with Gasteiger partial charge >= 0.3 is 5.97 Å². The van der Waals surface area contributed by atoms with Gasteiger partial charge in [0.1, 0.15) is 0 Å². The summed E-state index contributed by atoms with van der Waals surface area (Å²) in [5.41, 5.74) is 1.71. The van der Waals surface area contributed by atoms with Gasteiger partial charge in [0.15, 0.2) is 0 Å². The lowest BCUT2D eigenvalue weighted by Gasteiger charge is -2.28. The van der Waals surface area contributed by atoms with Crippen LogP contribution in [0.4, 0.5) is 0 Å². The number of carboxylic acid groups (broad SMARTS) is 1. The molecule has 0 saturated carbocycles. The van der Waals surface area contributed by atoms with Crippen molar-refractivity contribution in [1.82, 2.24) is 0 Å². The molecule has 1 rings (SSSR count). The summed E-state index contributed by atoms with van der Waals surface area (Å²) >= 11 is 0. The zero-order chi connectivity index (χ0) is 21.5. The molecular formula is C27H44O2. The molecule has 0 aliphatic heterocycles. The van der Waals surface area contributed by atoms with Crippen LogP contribution in [0.2, 0.25) is 0 Å². The molecule has 0 aliphatic rings. The van der Waals surface area contributed by atoms with Crippen molar-refractivity contribution in [2.45, 2.75) is 111 Å². The number of carboxylic acids is 1. The first-order chi connectivity index (χ1) is 13.9. The smallest absolute Gasteiger partial charge is 0.330 e. The first kappa shape index (κ1) is 25.5. The van der Waals surface area contributed by atoms with Crippen LogP contribution in [0.25, 0.3) is 0 Å². The van der Waals surface area contributed by atoms with E-state index in [0.717, 1.165) is 6.42 Å². The van der Waals surface area contributed by atoms with Crippen LogP contribution in [0.15, 0.2) is 42.0 Å². The van der Waals surface area contributed by atoms with Gasteiger partial charge in [-0.1, -0.05) is 121 Å². The summed E-state index contributed by atoms with van der Waals surface area (Å²) in [7, 11) is 0. The molecule has 0 radical (unpaired) electrons. The minimum atomic E-state index is -0.816. The normalized spacial score (nSPS) is 13.4. The fourth-order valence-electron chi connectivity index (χ4n) is 4.33. The van der Waals surface area contributed by atoms with E-state index < -0.39 is 5.97 Å². The summed E-state index contributed by atoms with van der Waals surface area (Å²) in [6.07, 6.45) is 17.7. The average Bonchev–Trinajstić information content (AvgIpc) is 2.68. The lowest BCUT2D eigenvalue weighted by molar-refractivity contribution is -0.132. The van der Waals surface area contributed by atoms with Gasteiger partial charge in [-0.2, -0.15) is 0 Å². The van der Waals surface area contributed by atoms with Gasteiger partial charge in [-0.05, 0) is 36.7 Å². The third-order valence-corrected chi connectivity index (χ3v) is 5.89. The van der Waals surface area contributed by atoms with Crippen LogP contribution in [0.5, 0.6) is 0 Å². The highest BCUT2D eigenvalue weighted by Crippen LogP contribution is 2.37. The SMILES string of the molecule is CCCCCCCCCCCCC(CC(C)(C)C=C(C)C(=O)O)c1ccccc1. The molecule has 0 spiro atoms. The van der Waals surface area contributed by atoms with E-state index in [2.05, 4.69) is 51.1 Å². The molecule has 2 nitrogen and oxygen atoms in total. The monoisotopic (exact) mass is 400 g/mol. The van der Waals surface area contributed by atoms with Crippen molar-refractivity contribution in [3.63, 3.8) is 0 Å². The van der Waals surface area contributed by atoms with Crippen LogP contribution in [0.3, 0.4) is 0 Å². The van der Waals surface area contributed by atoms with Crippen LogP contribution >= 0.6 is 0 Å². The number of carbonyl (C=O) groups is 1. The molecule has 0 aliphatic carbocycles. The Labute approximate surface area is 179 Å². The standard InChI is InChI=1S/C27H44O2/c1-5-6-7-8-9-10-11-12-13-15-20-25(24-18-16-14-17-19-24)22-27(3,4)21-23(2)26(28)29/h14,16-19,21,25H,5-13,15,20,22H2,1-4H3,(H,28,29). The first-order valence-electron chi connectivity index (χ1n) is 11.8. The summed E-state index contributed by atoms with van der Waals surface area (Å²) < 4.78 is 0. The fraction of sp³-hybridized carbons (Fsp3) is 0.667.